The van der Waals surface area contributed by atoms with E-state index in [4.69, 9.17) is 9.84 Å². The van der Waals surface area contributed by atoms with Gasteiger partial charge in [-0.2, -0.15) is 0 Å². The first-order valence-electron chi connectivity index (χ1n) is 4.69. The van der Waals surface area contributed by atoms with Crippen LogP contribution < -0.4 is 0 Å². The third kappa shape index (κ3) is 2.87. The van der Waals surface area contributed by atoms with Gasteiger partial charge in [0.2, 0.25) is 0 Å². The Labute approximate surface area is 82.6 Å². The molecule has 0 spiro atoms. The topological polar surface area (TPSA) is 63.6 Å². The molecule has 1 aliphatic rings. The van der Waals surface area contributed by atoms with Crippen LogP contribution in [0.2, 0.25) is 0 Å². The summed E-state index contributed by atoms with van der Waals surface area (Å²) in [4.78, 5) is 21.6. The third-order valence-electron chi connectivity index (χ3n) is 2.42. The minimum Gasteiger partial charge on any atom is -0.481 e. The minimum absolute atomic E-state index is 0.254. The van der Waals surface area contributed by atoms with Crippen molar-refractivity contribution in [3.8, 4) is 0 Å². The normalized spacial score (nSPS) is 26.6. The van der Waals surface area contributed by atoms with E-state index < -0.39 is 11.9 Å². The number of carbonyl (C=O) groups is 2. The van der Waals surface area contributed by atoms with Crippen molar-refractivity contribution in [2.24, 2.45) is 5.92 Å². The van der Waals surface area contributed by atoms with Gasteiger partial charge in [0.15, 0.2) is 0 Å². The monoisotopic (exact) mass is 198 g/mol. The number of esters is 1. The quantitative estimate of drug-likeness (QED) is 0.549. The van der Waals surface area contributed by atoms with Crippen LogP contribution in [-0.2, 0) is 14.3 Å². The Morgan fingerprint density at radius 1 is 1.43 bits per heavy atom. The average Bonchev–Trinajstić information content (AvgIpc) is 2.18. The number of hydrogen-bond donors (Lipinski definition) is 1. The van der Waals surface area contributed by atoms with Gasteiger partial charge in [-0.15, -0.1) is 0 Å². The molecule has 14 heavy (non-hydrogen) atoms. The lowest BCUT2D eigenvalue weighted by atomic mass is 9.87. The molecule has 0 amide bonds. The van der Waals surface area contributed by atoms with Crippen LogP contribution in [0.5, 0.6) is 0 Å². The van der Waals surface area contributed by atoms with Gasteiger partial charge in [-0.1, -0.05) is 6.58 Å². The molecule has 4 heteroatoms. The Balaban J connectivity index is 2.43. The molecule has 1 rings (SSSR count). The molecule has 1 N–H and O–H groups in total. The summed E-state index contributed by atoms with van der Waals surface area (Å²) in [7, 11) is 0. The zero-order valence-corrected chi connectivity index (χ0v) is 7.94. The molecule has 1 fully saturated rings. The number of ether oxygens (including phenoxy) is 1. The molecule has 0 aromatic carbocycles. The maximum atomic E-state index is 10.9. The molecule has 0 aromatic rings. The lowest BCUT2D eigenvalue weighted by molar-refractivity contribution is -0.151. The number of carboxylic acid groups (broad SMARTS) is 1. The van der Waals surface area contributed by atoms with Gasteiger partial charge in [0.25, 0.3) is 0 Å². The van der Waals surface area contributed by atoms with Crippen molar-refractivity contribution in [1.29, 1.82) is 0 Å². The summed E-state index contributed by atoms with van der Waals surface area (Å²) in [5.41, 5.74) is 0. The summed E-state index contributed by atoms with van der Waals surface area (Å²) < 4.78 is 5.00. The van der Waals surface area contributed by atoms with E-state index in [-0.39, 0.29) is 12.0 Å². The van der Waals surface area contributed by atoms with Crippen molar-refractivity contribution >= 4 is 11.9 Å². The average molecular weight is 198 g/mol. The molecule has 78 valence electrons. The SMILES string of the molecule is C=CC(=O)OC1CCCC(C(=O)O)C1. The van der Waals surface area contributed by atoms with Crippen LogP contribution in [-0.4, -0.2) is 23.1 Å². The van der Waals surface area contributed by atoms with Crippen LogP contribution in [0.3, 0.4) is 0 Å². The van der Waals surface area contributed by atoms with Gasteiger partial charge in [-0.05, 0) is 25.7 Å². The summed E-state index contributed by atoms with van der Waals surface area (Å²) in [6, 6.07) is 0. The first kappa shape index (κ1) is 10.8. The maximum Gasteiger partial charge on any atom is 0.330 e. The summed E-state index contributed by atoms with van der Waals surface area (Å²) in [5, 5.41) is 8.79. The lowest BCUT2D eigenvalue weighted by Crippen LogP contribution is -2.28. The number of carbonyl (C=O) groups excluding carboxylic acids is 1. The first-order chi connectivity index (χ1) is 6.63. The molecule has 0 aliphatic heterocycles. The highest BCUT2D eigenvalue weighted by atomic mass is 16.5. The standard InChI is InChI=1S/C10H14O4/c1-2-9(11)14-8-5-3-4-7(6-8)10(12)13/h2,7-8H,1,3-6H2,(H,12,13). The van der Waals surface area contributed by atoms with Gasteiger partial charge in [0.05, 0.1) is 5.92 Å². The highest BCUT2D eigenvalue weighted by Crippen LogP contribution is 2.26. The van der Waals surface area contributed by atoms with E-state index in [1.54, 1.807) is 0 Å². The fraction of sp³-hybridized carbons (Fsp3) is 0.600. The Hall–Kier alpha value is -1.32. The van der Waals surface area contributed by atoms with Crippen LogP contribution in [0, 0.1) is 5.92 Å². The molecule has 0 aromatic heterocycles. The first-order valence-corrected chi connectivity index (χ1v) is 4.69. The molecule has 2 unspecified atom stereocenters. The number of hydrogen-bond acceptors (Lipinski definition) is 3. The summed E-state index contributed by atoms with van der Waals surface area (Å²) in [6.45, 7) is 3.29. The molecular formula is C10H14O4. The Morgan fingerprint density at radius 2 is 2.14 bits per heavy atom. The molecule has 0 bridgehead atoms. The van der Waals surface area contributed by atoms with Gasteiger partial charge >= 0.3 is 11.9 Å². The fourth-order valence-corrected chi connectivity index (χ4v) is 1.69. The van der Waals surface area contributed by atoms with Gasteiger partial charge in [0, 0.05) is 6.08 Å². The van der Waals surface area contributed by atoms with Crippen molar-refractivity contribution in [1.82, 2.24) is 0 Å². The van der Waals surface area contributed by atoms with Crippen molar-refractivity contribution in [3.63, 3.8) is 0 Å². The van der Waals surface area contributed by atoms with Crippen molar-refractivity contribution in [3.05, 3.63) is 12.7 Å². The van der Waals surface area contributed by atoms with Crippen molar-refractivity contribution in [2.75, 3.05) is 0 Å². The van der Waals surface area contributed by atoms with E-state index in [1.807, 2.05) is 0 Å². The molecular weight excluding hydrogens is 184 g/mol. The number of carboxylic acids is 1. The van der Waals surface area contributed by atoms with Gasteiger partial charge in [-0.25, -0.2) is 4.79 Å². The number of aliphatic carboxylic acids is 1. The molecule has 0 radical (unpaired) electrons. The Morgan fingerprint density at radius 3 is 2.71 bits per heavy atom. The summed E-state index contributed by atoms with van der Waals surface area (Å²) in [6.07, 6.45) is 3.50. The van der Waals surface area contributed by atoms with E-state index in [1.165, 1.54) is 0 Å². The van der Waals surface area contributed by atoms with E-state index in [9.17, 15) is 9.59 Å². The van der Waals surface area contributed by atoms with Crippen molar-refractivity contribution < 1.29 is 19.4 Å². The largest absolute Gasteiger partial charge is 0.481 e. The molecule has 1 saturated carbocycles. The summed E-state index contributed by atoms with van der Waals surface area (Å²) >= 11 is 0. The van der Waals surface area contributed by atoms with Crippen LogP contribution >= 0.6 is 0 Å². The smallest absolute Gasteiger partial charge is 0.330 e. The Kier molecular flexibility index (Phi) is 3.68. The van der Waals surface area contributed by atoms with E-state index in [2.05, 4.69) is 6.58 Å². The fourth-order valence-electron chi connectivity index (χ4n) is 1.69. The van der Waals surface area contributed by atoms with Gasteiger partial charge < -0.3 is 9.84 Å². The van der Waals surface area contributed by atoms with E-state index in [0.29, 0.717) is 12.8 Å². The summed E-state index contributed by atoms with van der Waals surface area (Å²) in [5.74, 6) is -1.64. The second-order valence-corrected chi connectivity index (χ2v) is 3.46. The highest BCUT2D eigenvalue weighted by molar-refractivity contribution is 5.81. The molecule has 0 heterocycles. The second kappa shape index (κ2) is 4.79. The van der Waals surface area contributed by atoms with E-state index in [0.717, 1.165) is 18.9 Å². The van der Waals surface area contributed by atoms with Crippen LogP contribution in [0.25, 0.3) is 0 Å². The van der Waals surface area contributed by atoms with Gasteiger partial charge in [-0.3, -0.25) is 4.79 Å². The van der Waals surface area contributed by atoms with Crippen molar-refractivity contribution in [2.45, 2.75) is 31.8 Å². The Bertz CT molecular complexity index is 247. The molecule has 2 atom stereocenters. The molecule has 0 saturated heterocycles. The van der Waals surface area contributed by atoms with Crippen LogP contribution in [0.1, 0.15) is 25.7 Å². The zero-order valence-electron chi connectivity index (χ0n) is 7.94. The van der Waals surface area contributed by atoms with Gasteiger partial charge in [0.1, 0.15) is 6.10 Å². The molecule has 1 aliphatic carbocycles. The minimum atomic E-state index is -0.802. The number of rotatable bonds is 3. The third-order valence-corrected chi connectivity index (χ3v) is 2.42. The highest BCUT2D eigenvalue weighted by Gasteiger charge is 2.28. The van der Waals surface area contributed by atoms with Crippen LogP contribution in [0.4, 0.5) is 0 Å². The second-order valence-electron chi connectivity index (χ2n) is 3.46. The van der Waals surface area contributed by atoms with Crippen LogP contribution in [0.15, 0.2) is 12.7 Å². The predicted octanol–water partition coefficient (Wildman–Crippen LogP) is 1.36. The molecule has 4 nitrogen and oxygen atoms in total. The zero-order chi connectivity index (χ0) is 10.6. The lowest BCUT2D eigenvalue weighted by Gasteiger charge is -2.25. The van der Waals surface area contributed by atoms with E-state index >= 15 is 0 Å². The maximum absolute atomic E-state index is 10.9. The predicted molar refractivity (Wildman–Crippen MR) is 49.7 cm³/mol.